The van der Waals surface area contributed by atoms with Crippen LogP contribution in [0.5, 0.6) is 0 Å². The van der Waals surface area contributed by atoms with Gasteiger partial charge in [-0.05, 0) is 31.0 Å². The molecule has 3 heterocycles. The third-order valence-corrected chi connectivity index (χ3v) is 4.96. The first-order valence-corrected chi connectivity index (χ1v) is 8.59. The van der Waals surface area contributed by atoms with E-state index in [1.165, 1.54) is 5.52 Å². The summed E-state index contributed by atoms with van der Waals surface area (Å²) < 4.78 is 7.72. The molecule has 0 radical (unpaired) electrons. The number of nitrogen functional groups attached to an aromatic ring is 1. The molecule has 2 N–H and O–H groups in total. The number of nitrogens with two attached hydrogens (primary N) is 1. The molecule has 0 amide bonds. The molecule has 0 aliphatic carbocycles. The van der Waals surface area contributed by atoms with Gasteiger partial charge in [0.2, 0.25) is 0 Å². The molecule has 1 atom stereocenters. The number of anilines is 1. The molecule has 1 aliphatic heterocycles. The fraction of sp³-hybridized carbons (Fsp3) is 0.300. The second-order valence-corrected chi connectivity index (χ2v) is 6.38. The smallest absolute Gasteiger partial charge is 0.142 e. The Balaban J connectivity index is 1.93. The van der Waals surface area contributed by atoms with Crippen molar-refractivity contribution in [3.8, 4) is 17.3 Å². The van der Waals surface area contributed by atoms with Crippen LogP contribution in [0.2, 0.25) is 0 Å². The van der Waals surface area contributed by atoms with Gasteiger partial charge in [0.25, 0.3) is 0 Å². The summed E-state index contributed by atoms with van der Waals surface area (Å²) in [5.74, 6) is 0.508. The number of aromatic nitrogens is 2. The van der Waals surface area contributed by atoms with E-state index >= 15 is 0 Å². The summed E-state index contributed by atoms with van der Waals surface area (Å²) in [5, 5.41) is 10.7. The number of hydrogen-bond donors (Lipinski definition) is 1. The average molecular weight is 332 g/mol. The number of benzene rings is 1. The van der Waals surface area contributed by atoms with E-state index in [2.05, 4.69) is 40.9 Å². The average Bonchev–Trinajstić information content (AvgIpc) is 3.29. The van der Waals surface area contributed by atoms with Crippen molar-refractivity contribution in [3.63, 3.8) is 0 Å². The highest BCUT2D eigenvalue weighted by Gasteiger charge is 2.24. The Morgan fingerprint density at radius 2 is 2.24 bits per heavy atom. The predicted molar refractivity (Wildman–Crippen MR) is 98.1 cm³/mol. The minimum absolute atomic E-state index is 0.207. The molecule has 3 aromatic rings. The van der Waals surface area contributed by atoms with E-state index in [-0.39, 0.29) is 5.92 Å². The van der Waals surface area contributed by atoms with Gasteiger partial charge in [-0.3, -0.25) is 0 Å². The van der Waals surface area contributed by atoms with E-state index in [4.69, 9.17) is 10.5 Å². The van der Waals surface area contributed by atoms with E-state index in [9.17, 15) is 5.26 Å². The lowest BCUT2D eigenvalue weighted by Gasteiger charge is -2.13. The van der Waals surface area contributed by atoms with Crippen LogP contribution in [0.15, 0.2) is 36.5 Å². The normalized spacial score (nSPS) is 17.0. The number of fused-ring (bicyclic) bond motifs is 1. The van der Waals surface area contributed by atoms with E-state index < -0.39 is 0 Å². The van der Waals surface area contributed by atoms with Gasteiger partial charge in [0.15, 0.2) is 0 Å². The highest BCUT2D eigenvalue weighted by Crippen LogP contribution is 2.36. The van der Waals surface area contributed by atoms with Crippen molar-refractivity contribution in [2.75, 3.05) is 18.9 Å². The van der Waals surface area contributed by atoms with Crippen LogP contribution in [0.3, 0.4) is 0 Å². The predicted octanol–water partition coefficient (Wildman–Crippen LogP) is 3.68. The van der Waals surface area contributed by atoms with Crippen LogP contribution in [-0.4, -0.2) is 22.8 Å². The van der Waals surface area contributed by atoms with Gasteiger partial charge in [0.1, 0.15) is 11.9 Å². The first-order chi connectivity index (χ1) is 12.2. The minimum atomic E-state index is 0.207. The maximum absolute atomic E-state index is 9.52. The van der Waals surface area contributed by atoms with Crippen molar-refractivity contribution < 1.29 is 4.74 Å². The first kappa shape index (κ1) is 15.7. The molecule has 1 aromatic carbocycles. The molecule has 0 spiro atoms. The highest BCUT2D eigenvalue weighted by molar-refractivity contribution is 5.95. The van der Waals surface area contributed by atoms with Crippen molar-refractivity contribution in [2.24, 2.45) is 0 Å². The zero-order valence-corrected chi connectivity index (χ0v) is 14.2. The van der Waals surface area contributed by atoms with Gasteiger partial charge in [0.05, 0.1) is 17.9 Å². The lowest BCUT2D eigenvalue weighted by Crippen LogP contribution is -2.06. The van der Waals surface area contributed by atoms with Gasteiger partial charge < -0.3 is 15.0 Å². The molecular formula is C20H20N4O. The Kier molecular flexibility index (Phi) is 3.90. The first-order valence-electron chi connectivity index (χ1n) is 8.59. The summed E-state index contributed by atoms with van der Waals surface area (Å²) in [6.07, 6.45) is 3.03. The van der Waals surface area contributed by atoms with Crippen LogP contribution in [0.4, 0.5) is 5.82 Å². The van der Waals surface area contributed by atoms with Gasteiger partial charge in [-0.25, -0.2) is 4.98 Å². The number of ether oxygens (including phenoxy) is 1. The Morgan fingerprint density at radius 1 is 1.40 bits per heavy atom. The fourth-order valence-electron chi connectivity index (χ4n) is 3.66. The summed E-state index contributed by atoms with van der Waals surface area (Å²) in [5.41, 5.74) is 10.6. The largest absolute Gasteiger partial charge is 0.383 e. The number of hydrogen-bond acceptors (Lipinski definition) is 4. The van der Waals surface area contributed by atoms with Crippen LogP contribution < -0.4 is 5.73 Å². The van der Waals surface area contributed by atoms with E-state index in [0.717, 1.165) is 41.8 Å². The molecule has 5 nitrogen and oxygen atoms in total. The fourth-order valence-corrected chi connectivity index (χ4v) is 3.66. The van der Waals surface area contributed by atoms with Gasteiger partial charge in [0, 0.05) is 41.7 Å². The lowest BCUT2D eigenvalue weighted by atomic mass is 9.93. The standard InChI is InChI=1S/C20H20N4O/c1-2-24-11-17(14-5-3-4-6-19(14)24)18-9-15(13-7-8-25-12-13)16(10-21)20(22)23-18/h3-6,9,11,13H,2,7-8,12H2,1H3,(H2,22,23)/t13-/m0/s1. The molecular weight excluding hydrogens is 312 g/mol. The van der Waals surface area contributed by atoms with E-state index in [1.807, 2.05) is 18.2 Å². The monoisotopic (exact) mass is 332 g/mol. The van der Waals surface area contributed by atoms with Crippen LogP contribution in [0.1, 0.15) is 30.4 Å². The second kappa shape index (κ2) is 6.23. The summed E-state index contributed by atoms with van der Waals surface area (Å²) in [6.45, 7) is 4.37. The molecule has 126 valence electrons. The Hall–Kier alpha value is -2.84. The highest BCUT2D eigenvalue weighted by atomic mass is 16.5. The summed E-state index contributed by atoms with van der Waals surface area (Å²) in [4.78, 5) is 4.55. The molecule has 2 aromatic heterocycles. The molecule has 4 rings (SSSR count). The van der Waals surface area contributed by atoms with Crippen molar-refractivity contribution in [3.05, 3.63) is 47.7 Å². The molecule has 0 saturated carbocycles. The van der Waals surface area contributed by atoms with Crippen molar-refractivity contribution in [2.45, 2.75) is 25.8 Å². The quantitative estimate of drug-likeness (QED) is 0.793. The molecule has 5 heteroatoms. The molecule has 25 heavy (non-hydrogen) atoms. The maximum Gasteiger partial charge on any atom is 0.142 e. The number of nitriles is 1. The summed E-state index contributed by atoms with van der Waals surface area (Å²) >= 11 is 0. The van der Waals surface area contributed by atoms with Gasteiger partial charge in [-0.15, -0.1) is 0 Å². The maximum atomic E-state index is 9.52. The Morgan fingerprint density at radius 3 is 2.96 bits per heavy atom. The summed E-state index contributed by atoms with van der Waals surface area (Å²) in [6, 6.07) is 12.5. The molecule has 0 bridgehead atoms. The Labute approximate surface area is 146 Å². The zero-order valence-electron chi connectivity index (χ0n) is 14.2. The number of rotatable bonds is 3. The Bertz CT molecular complexity index is 977. The summed E-state index contributed by atoms with van der Waals surface area (Å²) in [7, 11) is 0. The van der Waals surface area contributed by atoms with E-state index in [1.54, 1.807) is 0 Å². The van der Waals surface area contributed by atoms with Crippen LogP contribution in [0.25, 0.3) is 22.2 Å². The number of pyridine rings is 1. The topological polar surface area (TPSA) is 76.9 Å². The number of nitrogens with zero attached hydrogens (tertiary/aromatic N) is 3. The van der Waals surface area contributed by atoms with Gasteiger partial charge >= 0.3 is 0 Å². The third-order valence-electron chi connectivity index (χ3n) is 4.96. The van der Waals surface area contributed by atoms with Crippen LogP contribution in [0, 0.1) is 11.3 Å². The van der Waals surface area contributed by atoms with Gasteiger partial charge in [-0.2, -0.15) is 5.26 Å². The zero-order chi connectivity index (χ0) is 17.4. The number of aryl methyl sites for hydroxylation is 1. The van der Waals surface area contributed by atoms with Gasteiger partial charge in [-0.1, -0.05) is 18.2 Å². The van der Waals surface area contributed by atoms with E-state index in [0.29, 0.717) is 18.0 Å². The molecule has 1 saturated heterocycles. The van der Waals surface area contributed by atoms with Crippen molar-refractivity contribution in [1.82, 2.24) is 9.55 Å². The third kappa shape index (κ3) is 2.55. The van der Waals surface area contributed by atoms with Crippen LogP contribution in [-0.2, 0) is 11.3 Å². The SMILES string of the molecule is CCn1cc(-c2cc([C@H]3CCOC3)c(C#N)c(N)n2)c2ccccc21. The lowest BCUT2D eigenvalue weighted by molar-refractivity contribution is 0.194. The molecule has 1 fully saturated rings. The van der Waals surface area contributed by atoms with Crippen LogP contribution >= 0.6 is 0 Å². The second-order valence-electron chi connectivity index (χ2n) is 6.38. The minimum Gasteiger partial charge on any atom is -0.383 e. The number of para-hydroxylation sites is 1. The molecule has 0 unspecified atom stereocenters. The van der Waals surface area contributed by atoms with Crippen molar-refractivity contribution in [1.29, 1.82) is 5.26 Å². The molecule has 1 aliphatic rings. The van der Waals surface area contributed by atoms with Crippen molar-refractivity contribution >= 4 is 16.7 Å².